The van der Waals surface area contributed by atoms with Crippen molar-refractivity contribution in [1.29, 1.82) is 5.26 Å². The minimum atomic E-state index is -0.783. The number of methoxy groups -OCH3 is 1. The van der Waals surface area contributed by atoms with Gasteiger partial charge in [-0.3, -0.25) is 4.79 Å². The summed E-state index contributed by atoms with van der Waals surface area (Å²) in [6.07, 6.45) is 0. The van der Waals surface area contributed by atoms with Gasteiger partial charge in [-0.15, -0.1) is 0 Å². The van der Waals surface area contributed by atoms with E-state index in [2.05, 4.69) is 6.07 Å². The molecule has 1 heterocycles. The van der Waals surface area contributed by atoms with E-state index in [9.17, 15) is 10.1 Å². The SMILES string of the molecule is COc1cccc(C(C#N)C(=O)c2ccsc2)c1. The maximum Gasteiger partial charge on any atom is 0.185 e. The summed E-state index contributed by atoms with van der Waals surface area (Å²) in [4.78, 5) is 12.2. The Morgan fingerprint density at radius 2 is 2.28 bits per heavy atom. The van der Waals surface area contributed by atoms with Crippen molar-refractivity contribution >= 4 is 17.1 Å². The molecule has 0 amide bonds. The molecule has 0 saturated heterocycles. The van der Waals surface area contributed by atoms with Crippen molar-refractivity contribution in [3.05, 3.63) is 52.2 Å². The Labute approximate surface area is 109 Å². The number of hydrogen-bond donors (Lipinski definition) is 0. The second-order valence-corrected chi connectivity index (χ2v) is 4.50. The van der Waals surface area contributed by atoms with Crippen LogP contribution in [-0.2, 0) is 0 Å². The number of carbonyl (C=O) groups excluding carboxylic acids is 1. The van der Waals surface area contributed by atoms with E-state index in [1.807, 2.05) is 5.38 Å². The molecular weight excluding hydrogens is 246 g/mol. The molecule has 0 saturated carbocycles. The molecule has 2 aromatic rings. The molecule has 0 aliphatic carbocycles. The molecule has 1 unspecified atom stereocenters. The maximum absolute atomic E-state index is 12.2. The van der Waals surface area contributed by atoms with Gasteiger partial charge in [0.15, 0.2) is 5.78 Å². The zero-order valence-electron chi connectivity index (χ0n) is 9.79. The molecule has 2 rings (SSSR count). The van der Waals surface area contributed by atoms with Crippen LogP contribution in [0.15, 0.2) is 41.1 Å². The molecule has 1 aromatic heterocycles. The second-order valence-electron chi connectivity index (χ2n) is 3.72. The summed E-state index contributed by atoms with van der Waals surface area (Å²) in [7, 11) is 1.56. The fourth-order valence-electron chi connectivity index (χ4n) is 1.68. The lowest BCUT2D eigenvalue weighted by atomic mass is 9.93. The molecule has 90 valence electrons. The third-order valence-corrected chi connectivity index (χ3v) is 3.31. The first-order valence-corrected chi connectivity index (χ1v) is 6.30. The fourth-order valence-corrected chi connectivity index (χ4v) is 2.32. The lowest BCUT2D eigenvalue weighted by molar-refractivity contribution is 0.0979. The van der Waals surface area contributed by atoms with Crippen LogP contribution in [0.1, 0.15) is 21.8 Å². The first-order valence-electron chi connectivity index (χ1n) is 5.36. The molecule has 0 aliphatic heterocycles. The first kappa shape index (κ1) is 12.3. The van der Waals surface area contributed by atoms with E-state index in [0.717, 1.165) is 0 Å². The third-order valence-electron chi connectivity index (χ3n) is 2.62. The van der Waals surface area contributed by atoms with E-state index in [1.165, 1.54) is 11.3 Å². The zero-order valence-corrected chi connectivity index (χ0v) is 10.6. The van der Waals surface area contributed by atoms with Crippen molar-refractivity contribution in [2.24, 2.45) is 0 Å². The van der Waals surface area contributed by atoms with E-state index in [1.54, 1.807) is 42.8 Å². The topological polar surface area (TPSA) is 50.1 Å². The Kier molecular flexibility index (Phi) is 3.75. The molecule has 18 heavy (non-hydrogen) atoms. The Morgan fingerprint density at radius 1 is 1.44 bits per heavy atom. The number of Topliss-reactive ketones (excluding diaryl/α,β-unsaturated/α-hetero) is 1. The molecule has 0 bridgehead atoms. The number of ether oxygens (including phenoxy) is 1. The average Bonchev–Trinajstić information content (AvgIpc) is 2.93. The molecule has 0 spiro atoms. The van der Waals surface area contributed by atoms with E-state index in [0.29, 0.717) is 16.9 Å². The van der Waals surface area contributed by atoms with Gasteiger partial charge in [-0.1, -0.05) is 12.1 Å². The number of nitrogens with zero attached hydrogens (tertiary/aromatic N) is 1. The van der Waals surface area contributed by atoms with Gasteiger partial charge in [0.25, 0.3) is 0 Å². The number of benzene rings is 1. The summed E-state index contributed by atoms with van der Waals surface area (Å²) in [5.74, 6) is -0.312. The van der Waals surface area contributed by atoms with Crippen LogP contribution < -0.4 is 4.74 Å². The lowest BCUT2D eigenvalue weighted by Crippen LogP contribution is -2.10. The highest BCUT2D eigenvalue weighted by Gasteiger charge is 2.22. The van der Waals surface area contributed by atoms with Crippen LogP contribution >= 0.6 is 11.3 Å². The predicted octanol–water partition coefficient (Wildman–Crippen LogP) is 3.25. The number of nitriles is 1. The van der Waals surface area contributed by atoms with Crippen LogP contribution in [0.5, 0.6) is 5.75 Å². The molecule has 1 aromatic carbocycles. The summed E-state index contributed by atoms with van der Waals surface area (Å²) in [6, 6.07) is 10.8. The molecule has 0 aliphatic rings. The van der Waals surface area contributed by atoms with Gasteiger partial charge in [-0.05, 0) is 29.1 Å². The van der Waals surface area contributed by atoms with E-state index in [-0.39, 0.29) is 5.78 Å². The summed E-state index contributed by atoms with van der Waals surface area (Å²) in [6.45, 7) is 0. The highest BCUT2D eigenvalue weighted by molar-refractivity contribution is 7.08. The van der Waals surface area contributed by atoms with Crippen LogP contribution in [0.4, 0.5) is 0 Å². The van der Waals surface area contributed by atoms with Crippen molar-refractivity contribution < 1.29 is 9.53 Å². The third kappa shape index (κ3) is 2.41. The molecule has 3 nitrogen and oxygen atoms in total. The van der Waals surface area contributed by atoms with Crippen LogP contribution in [0.2, 0.25) is 0 Å². The van der Waals surface area contributed by atoms with E-state index < -0.39 is 5.92 Å². The fraction of sp³-hybridized carbons (Fsp3) is 0.143. The molecule has 0 radical (unpaired) electrons. The molecule has 4 heteroatoms. The molecule has 0 fully saturated rings. The quantitative estimate of drug-likeness (QED) is 0.790. The minimum Gasteiger partial charge on any atom is -0.497 e. The first-order chi connectivity index (χ1) is 8.76. The highest BCUT2D eigenvalue weighted by atomic mass is 32.1. The summed E-state index contributed by atoms with van der Waals surface area (Å²) < 4.78 is 5.10. The number of hydrogen-bond acceptors (Lipinski definition) is 4. The monoisotopic (exact) mass is 257 g/mol. The van der Waals surface area contributed by atoms with Crippen LogP contribution in [0.25, 0.3) is 0 Å². The standard InChI is InChI=1S/C14H11NO2S/c1-17-12-4-2-3-10(7-12)13(8-15)14(16)11-5-6-18-9-11/h2-7,9,13H,1H3. The summed E-state index contributed by atoms with van der Waals surface area (Å²) in [5, 5.41) is 12.8. The molecule has 1 atom stereocenters. The largest absolute Gasteiger partial charge is 0.497 e. The Bertz CT molecular complexity index is 584. The van der Waals surface area contributed by atoms with Crippen molar-refractivity contribution in [2.45, 2.75) is 5.92 Å². The lowest BCUT2D eigenvalue weighted by Gasteiger charge is -2.09. The normalized spacial score (nSPS) is 11.6. The van der Waals surface area contributed by atoms with Gasteiger partial charge in [0.2, 0.25) is 0 Å². The van der Waals surface area contributed by atoms with Crippen molar-refractivity contribution in [3.63, 3.8) is 0 Å². The van der Waals surface area contributed by atoms with Gasteiger partial charge in [-0.25, -0.2) is 0 Å². The van der Waals surface area contributed by atoms with Crippen LogP contribution in [0, 0.1) is 11.3 Å². The Hall–Kier alpha value is -2.12. The summed E-state index contributed by atoms with van der Waals surface area (Å²) >= 11 is 1.44. The average molecular weight is 257 g/mol. The Morgan fingerprint density at radius 3 is 2.89 bits per heavy atom. The second kappa shape index (κ2) is 5.48. The molecule has 0 N–H and O–H groups in total. The number of thiophene rings is 1. The van der Waals surface area contributed by atoms with Crippen molar-refractivity contribution in [3.8, 4) is 11.8 Å². The van der Waals surface area contributed by atoms with Gasteiger partial charge < -0.3 is 4.74 Å². The highest BCUT2D eigenvalue weighted by Crippen LogP contribution is 2.24. The van der Waals surface area contributed by atoms with Crippen LogP contribution in [-0.4, -0.2) is 12.9 Å². The van der Waals surface area contributed by atoms with Gasteiger partial charge in [0.1, 0.15) is 11.7 Å². The van der Waals surface area contributed by atoms with Gasteiger partial charge in [-0.2, -0.15) is 16.6 Å². The number of carbonyl (C=O) groups is 1. The zero-order chi connectivity index (χ0) is 13.0. The maximum atomic E-state index is 12.2. The van der Waals surface area contributed by atoms with Crippen molar-refractivity contribution in [2.75, 3.05) is 7.11 Å². The number of rotatable bonds is 4. The van der Waals surface area contributed by atoms with Gasteiger partial charge in [0.05, 0.1) is 13.2 Å². The van der Waals surface area contributed by atoms with E-state index >= 15 is 0 Å². The Balaban J connectivity index is 2.34. The van der Waals surface area contributed by atoms with Gasteiger partial charge in [0, 0.05) is 10.9 Å². The van der Waals surface area contributed by atoms with Gasteiger partial charge >= 0.3 is 0 Å². The summed E-state index contributed by atoms with van der Waals surface area (Å²) in [5.41, 5.74) is 1.24. The van der Waals surface area contributed by atoms with Crippen molar-refractivity contribution in [1.82, 2.24) is 0 Å². The predicted molar refractivity (Wildman–Crippen MR) is 70.0 cm³/mol. The minimum absolute atomic E-state index is 0.174. The van der Waals surface area contributed by atoms with Crippen LogP contribution in [0.3, 0.4) is 0 Å². The van der Waals surface area contributed by atoms with E-state index in [4.69, 9.17) is 4.74 Å². The number of ketones is 1. The smallest absolute Gasteiger partial charge is 0.185 e. The molecular formula is C14H11NO2S.